The van der Waals surface area contributed by atoms with Crippen molar-refractivity contribution in [2.45, 2.75) is 86.9 Å². The minimum atomic E-state index is -1.58. The number of hydrogen-bond acceptors (Lipinski definition) is 15. The van der Waals surface area contributed by atoms with Gasteiger partial charge in [-0.2, -0.15) is 0 Å². The highest BCUT2D eigenvalue weighted by atomic mass is 19.1. The van der Waals surface area contributed by atoms with Gasteiger partial charge in [-0.15, -0.1) is 0 Å². The molecular weight excluding hydrogens is 1190 g/mol. The Morgan fingerprint density at radius 3 is 1.06 bits per heavy atom. The van der Waals surface area contributed by atoms with E-state index in [0.29, 0.717) is 46.1 Å². The van der Waals surface area contributed by atoms with E-state index in [1.807, 2.05) is 165 Å². The molecule has 3 N–H and O–H groups in total. The molecule has 0 radical (unpaired) electrons. The number of hydrogen-bond donors (Lipinski definition) is 3. The van der Waals surface area contributed by atoms with E-state index in [4.69, 9.17) is 43.4 Å². The normalized spacial score (nSPS) is 19.6. The number of alkyl halides is 2. The first-order valence-electron chi connectivity index (χ1n) is 31.2. The number of nitrogens with zero attached hydrogens (tertiary/aromatic N) is 8. The van der Waals surface area contributed by atoms with Crippen LogP contribution < -0.4 is 20.1 Å². The van der Waals surface area contributed by atoms with E-state index in [1.165, 1.54) is 12.7 Å². The van der Waals surface area contributed by atoms with E-state index in [0.717, 1.165) is 50.3 Å². The van der Waals surface area contributed by atoms with E-state index in [9.17, 15) is 5.11 Å². The number of fused-ring (bicyclic) bond motifs is 2. The lowest BCUT2D eigenvalue weighted by atomic mass is 9.77. The van der Waals surface area contributed by atoms with Gasteiger partial charge < -0.3 is 44.2 Å². The van der Waals surface area contributed by atoms with Crippen molar-refractivity contribution in [3.63, 3.8) is 0 Å². The zero-order chi connectivity index (χ0) is 64.4. The Morgan fingerprint density at radius 2 is 0.755 bits per heavy atom. The summed E-state index contributed by atoms with van der Waals surface area (Å²) >= 11 is 0. The number of benzene rings is 8. The van der Waals surface area contributed by atoms with Crippen molar-refractivity contribution < 1.29 is 42.3 Å². The van der Waals surface area contributed by atoms with Crippen LogP contribution in [0.2, 0.25) is 0 Å². The summed E-state index contributed by atoms with van der Waals surface area (Å²) in [5, 5.41) is 17.5. The van der Waals surface area contributed by atoms with Gasteiger partial charge in [0, 0.05) is 0 Å². The summed E-state index contributed by atoms with van der Waals surface area (Å²) in [6.07, 6.45) is -1.57. The van der Waals surface area contributed by atoms with Crippen LogP contribution in [-0.2, 0) is 43.2 Å². The molecule has 2 fully saturated rings. The zero-order valence-corrected chi connectivity index (χ0v) is 51.9. The van der Waals surface area contributed by atoms with Crippen molar-refractivity contribution >= 4 is 34.0 Å². The zero-order valence-electron chi connectivity index (χ0n) is 51.9. The maximum atomic E-state index is 15.8. The van der Waals surface area contributed by atoms with E-state index < -0.39 is 66.9 Å². The summed E-state index contributed by atoms with van der Waals surface area (Å²) in [5.41, 5.74) is 8.11. The molecule has 0 amide bonds. The molecule has 476 valence electrons. The molecule has 0 bridgehead atoms. The maximum Gasteiger partial charge on any atom is 0.167 e. The number of anilines is 2. The van der Waals surface area contributed by atoms with Gasteiger partial charge in [-0.25, -0.2) is 38.7 Å². The summed E-state index contributed by atoms with van der Waals surface area (Å²) < 4.78 is 70.1. The van der Waals surface area contributed by atoms with Crippen LogP contribution >= 0.6 is 0 Å². The molecule has 8 atom stereocenters. The molecule has 19 heteroatoms. The number of aliphatic hydroxyl groups is 1. The van der Waals surface area contributed by atoms with Crippen LogP contribution in [0, 0.1) is 0 Å². The molecule has 2 saturated heterocycles. The van der Waals surface area contributed by atoms with Gasteiger partial charge >= 0.3 is 0 Å². The van der Waals surface area contributed by atoms with Crippen molar-refractivity contribution in [1.29, 1.82) is 0 Å². The summed E-state index contributed by atoms with van der Waals surface area (Å²) in [5.74, 6) is 2.47. The highest BCUT2D eigenvalue weighted by molar-refractivity contribution is 5.85. The van der Waals surface area contributed by atoms with Gasteiger partial charge in [0.15, 0.2) is 58.8 Å². The minimum Gasteiger partial charge on any atom is -0.497 e. The summed E-state index contributed by atoms with van der Waals surface area (Å²) in [6, 6.07) is 76.2. The standard InChI is InChI=1S/C38H36FN5O3.C37H34FN5O4/c1-3-31-32(39)34(46-23-26-19-21-30(45-2)22-20-26)37(47-31)44-25-42-33-35(40-24-41-36(33)44)43-38(27-13-7-4-8-14-27,28-15-9-5-10-16-28)29-17-11-6-12-18-29;1-45-29-19-17-25(18-20-29)22-46-33-31(38)30(21-44)47-36(33)43-24-41-32-34(39-23-40-35(32)43)42-37(26-11-5-2-6-12-26,27-13-7-3-8-14-27)28-15-9-4-10-16-28/h4-22,24-25,31-32,34,37H,3,23H2,1-2H3,(H,40,41,43);2-20,23-24,30-31,33,36,44H,21-22H2,1H3,(H,39,40,42)/t31-,32?,34+,37-;30-,31?,33+,36-/m11/s1. The number of rotatable bonds is 22. The smallest absolute Gasteiger partial charge is 0.167 e. The fourth-order valence-corrected chi connectivity index (χ4v) is 12.7. The Labute approximate surface area is 543 Å². The molecule has 0 aliphatic carbocycles. The van der Waals surface area contributed by atoms with Crippen molar-refractivity contribution in [2.75, 3.05) is 31.5 Å². The molecule has 6 heterocycles. The Balaban J connectivity index is 0.000000171. The molecular formula is C75H70F2N10O7. The summed E-state index contributed by atoms with van der Waals surface area (Å²) in [4.78, 5) is 28.1. The highest BCUT2D eigenvalue weighted by Crippen LogP contribution is 2.45. The second-order valence-corrected chi connectivity index (χ2v) is 22.9. The first-order chi connectivity index (χ1) is 46.2. The van der Waals surface area contributed by atoms with Gasteiger partial charge in [0.1, 0.15) is 53.5 Å². The molecule has 2 aliphatic rings. The van der Waals surface area contributed by atoms with Crippen molar-refractivity contribution in [1.82, 2.24) is 39.0 Å². The molecule has 94 heavy (non-hydrogen) atoms. The number of imidazole rings is 2. The van der Waals surface area contributed by atoms with Crippen LogP contribution in [0.25, 0.3) is 22.3 Å². The summed E-state index contributed by atoms with van der Waals surface area (Å²) in [6.45, 7) is 1.76. The van der Waals surface area contributed by atoms with Gasteiger partial charge in [0.2, 0.25) is 0 Å². The van der Waals surface area contributed by atoms with Crippen molar-refractivity contribution in [2.24, 2.45) is 0 Å². The fraction of sp³-hybridized carbons (Fsp3) is 0.227. The number of aliphatic hydroxyl groups excluding tert-OH is 1. The minimum absolute atomic E-state index is 0.134. The van der Waals surface area contributed by atoms with Crippen LogP contribution in [0.5, 0.6) is 11.5 Å². The third-order valence-corrected chi connectivity index (χ3v) is 17.4. The van der Waals surface area contributed by atoms with E-state index in [2.05, 4.69) is 98.4 Å². The van der Waals surface area contributed by atoms with E-state index >= 15 is 8.78 Å². The Kier molecular flexibility index (Phi) is 18.8. The average molecular weight is 1260 g/mol. The predicted molar refractivity (Wildman–Crippen MR) is 354 cm³/mol. The van der Waals surface area contributed by atoms with Crippen molar-refractivity contribution in [3.05, 3.63) is 300 Å². The number of aromatic nitrogens is 8. The van der Waals surface area contributed by atoms with Crippen molar-refractivity contribution in [3.8, 4) is 11.5 Å². The van der Waals surface area contributed by atoms with E-state index in [1.54, 1.807) is 36.0 Å². The third-order valence-electron chi connectivity index (χ3n) is 17.4. The number of ether oxygens (including phenoxy) is 6. The van der Waals surface area contributed by atoms with Crippen LogP contribution in [0.15, 0.2) is 256 Å². The number of nitrogens with one attached hydrogen (secondary N) is 2. The Hall–Kier alpha value is -10.3. The van der Waals surface area contributed by atoms with Crippen LogP contribution in [-0.4, -0.2) is 102 Å². The molecule has 0 spiro atoms. The van der Waals surface area contributed by atoms with Gasteiger partial charge in [0.25, 0.3) is 0 Å². The number of halogens is 2. The quantitative estimate of drug-likeness (QED) is 0.0544. The molecule has 12 aromatic rings. The second-order valence-electron chi connectivity index (χ2n) is 22.9. The molecule has 8 aromatic carbocycles. The van der Waals surface area contributed by atoms with Crippen LogP contribution in [0.3, 0.4) is 0 Å². The van der Waals surface area contributed by atoms with Gasteiger partial charge in [-0.3, -0.25) is 9.13 Å². The van der Waals surface area contributed by atoms with E-state index in [-0.39, 0.29) is 13.2 Å². The SMILES string of the molecule is CC[C@H]1O[C@@H](n2cnc3c(NC(c4ccccc4)(c4ccccc4)c4ccccc4)ncnc32)[C@@H](OCc2ccc(OC)cc2)C1F.COc1ccc(CO[C@H]2C(F)[C@@H](CO)O[C@H]2n2cnc3c(NC(c4ccccc4)(c4ccccc4)c4ccccc4)ncnc32)cc1. The van der Waals surface area contributed by atoms with Gasteiger partial charge in [-0.1, -0.05) is 213 Å². The molecule has 2 unspecified atom stereocenters. The number of methoxy groups -OCH3 is 2. The van der Waals surface area contributed by atoms with Crippen LogP contribution in [0.1, 0.15) is 70.3 Å². The Morgan fingerprint density at radius 1 is 0.436 bits per heavy atom. The monoisotopic (exact) mass is 1260 g/mol. The molecule has 14 rings (SSSR count). The van der Waals surface area contributed by atoms with Crippen LogP contribution in [0.4, 0.5) is 20.4 Å². The lowest BCUT2D eigenvalue weighted by Gasteiger charge is -2.37. The lowest BCUT2D eigenvalue weighted by molar-refractivity contribution is -0.0741. The highest BCUT2D eigenvalue weighted by Gasteiger charge is 2.49. The molecule has 17 nitrogen and oxygen atoms in total. The average Bonchev–Trinajstić information content (AvgIpc) is 0.986. The first kappa shape index (κ1) is 62.5. The topological polar surface area (TPSA) is 187 Å². The molecule has 0 saturated carbocycles. The van der Waals surface area contributed by atoms with Gasteiger partial charge in [0.05, 0.1) is 52.8 Å². The first-order valence-corrected chi connectivity index (χ1v) is 31.2. The summed E-state index contributed by atoms with van der Waals surface area (Å²) in [7, 11) is 3.22. The third kappa shape index (κ3) is 12.3. The Bertz CT molecular complexity index is 3900. The fourth-order valence-electron chi connectivity index (χ4n) is 12.7. The maximum absolute atomic E-state index is 15.8. The second kappa shape index (κ2) is 28.3. The predicted octanol–water partition coefficient (Wildman–Crippen LogP) is 13.5. The lowest BCUT2D eigenvalue weighted by Crippen LogP contribution is -2.38. The largest absolute Gasteiger partial charge is 0.497 e. The molecule has 2 aliphatic heterocycles. The van der Waals surface area contributed by atoms with Gasteiger partial charge in [-0.05, 0) is 75.2 Å². The molecule has 4 aromatic heterocycles.